The van der Waals surface area contributed by atoms with Crippen LogP contribution in [0, 0.1) is 6.92 Å². The molecule has 0 amide bonds. The fraction of sp³-hybridized carbons (Fsp3) is 0.0769. The molecule has 4 N–H and O–H groups in total. The molecule has 0 saturated carbocycles. The number of rotatable bonds is 1. The molecule has 104 valence electrons. The predicted molar refractivity (Wildman–Crippen MR) is 75.6 cm³/mol. The van der Waals surface area contributed by atoms with Crippen LogP contribution in [0.25, 0.3) is 11.1 Å². The Morgan fingerprint density at radius 1 is 1.05 bits per heavy atom. The predicted octanol–water partition coefficient (Wildman–Crippen LogP) is 1.84. The highest BCUT2D eigenvalue weighted by Crippen LogP contribution is 2.45. The average molecular weight is 292 g/mol. The summed E-state index contributed by atoms with van der Waals surface area (Å²) in [6.45, 7) is 1.74. The summed E-state index contributed by atoms with van der Waals surface area (Å²) in [4.78, 5) is 0. The first-order chi connectivity index (χ1) is 9.37. The third kappa shape index (κ3) is 1.92. The van der Waals surface area contributed by atoms with E-state index in [-0.39, 0.29) is 17.2 Å². The van der Waals surface area contributed by atoms with Gasteiger partial charge in [-0.15, -0.1) is 8.42 Å². The fourth-order valence-electron chi connectivity index (χ4n) is 2.12. The van der Waals surface area contributed by atoms with Gasteiger partial charge >= 0.3 is 10.4 Å². The number of anilines is 2. The van der Waals surface area contributed by atoms with Gasteiger partial charge in [0.1, 0.15) is 5.69 Å². The molecular formula is C13H12N2O4S. The second kappa shape index (κ2) is 4.04. The van der Waals surface area contributed by atoms with E-state index >= 15 is 0 Å². The van der Waals surface area contributed by atoms with Crippen LogP contribution < -0.4 is 19.8 Å². The van der Waals surface area contributed by atoms with Crippen LogP contribution in [0.2, 0.25) is 0 Å². The number of fused-ring (bicyclic) bond motifs is 2. The number of nitrogen functional groups attached to an aromatic ring is 2. The number of hydrogen-bond acceptors (Lipinski definition) is 6. The molecule has 6 nitrogen and oxygen atoms in total. The Morgan fingerprint density at radius 2 is 1.70 bits per heavy atom. The maximum absolute atomic E-state index is 11.4. The molecule has 3 rings (SSSR count). The minimum atomic E-state index is -4.08. The van der Waals surface area contributed by atoms with Gasteiger partial charge < -0.3 is 19.8 Å². The van der Waals surface area contributed by atoms with E-state index in [1.165, 1.54) is 0 Å². The maximum atomic E-state index is 11.4. The summed E-state index contributed by atoms with van der Waals surface area (Å²) in [7, 11) is -4.08. The largest absolute Gasteiger partial charge is 0.501 e. The first-order valence-electron chi connectivity index (χ1n) is 5.80. The second-order valence-corrected chi connectivity index (χ2v) is 5.64. The van der Waals surface area contributed by atoms with Crippen LogP contribution in [-0.4, -0.2) is 8.42 Å². The van der Waals surface area contributed by atoms with Crippen molar-refractivity contribution in [2.45, 2.75) is 6.92 Å². The molecule has 0 unspecified atom stereocenters. The van der Waals surface area contributed by atoms with E-state index in [1.54, 1.807) is 25.1 Å². The number of nitrogens with two attached hydrogens (primary N) is 2. The Balaban J connectivity index is 2.22. The highest BCUT2D eigenvalue weighted by Gasteiger charge is 2.30. The molecule has 0 aromatic heterocycles. The Labute approximate surface area is 116 Å². The molecule has 0 radical (unpaired) electrons. The summed E-state index contributed by atoms with van der Waals surface area (Å²) in [6, 6.07) is 8.76. The van der Waals surface area contributed by atoms with Crippen molar-refractivity contribution in [2.75, 3.05) is 11.5 Å². The monoisotopic (exact) mass is 292 g/mol. The fourth-order valence-corrected chi connectivity index (χ4v) is 2.93. The summed E-state index contributed by atoms with van der Waals surface area (Å²) in [6.07, 6.45) is 0. The third-order valence-corrected chi connectivity index (χ3v) is 3.88. The standard InChI is InChI=1S/C13H12N2O4S/c1-7-10(8-2-4-9(14)5-3-8)6-11-12(15)13(7)19-20(16,17)18-11/h2-6H,14-15H2,1H3. The topological polar surface area (TPSA) is 105 Å². The van der Waals surface area contributed by atoms with Crippen molar-refractivity contribution in [3.05, 3.63) is 35.9 Å². The zero-order valence-corrected chi connectivity index (χ0v) is 11.4. The van der Waals surface area contributed by atoms with E-state index in [0.717, 1.165) is 11.1 Å². The van der Waals surface area contributed by atoms with Crippen molar-refractivity contribution in [3.8, 4) is 22.6 Å². The lowest BCUT2D eigenvalue weighted by Gasteiger charge is -2.22. The SMILES string of the molecule is Cc1c(-c2ccc(N)cc2)cc2c(N)c1OS(=O)(=O)O2. The van der Waals surface area contributed by atoms with Crippen molar-refractivity contribution >= 4 is 21.8 Å². The normalized spacial score (nSPS) is 15.2. The molecule has 2 bridgehead atoms. The van der Waals surface area contributed by atoms with Crippen LogP contribution in [0.3, 0.4) is 0 Å². The maximum Gasteiger partial charge on any atom is 0.501 e. The summed E-state index contributed by atoms with van der Waals surface area (Å²) in [5, 5.41) is 0. The summed E-state index contributed by atoms with van der Waals surface area (Å²) in [5.74, 6) is 0.184. The third-order valence-electron chi connectivity index (χ3n) is 3.13. The lowest BCUT2D eigenvalue weighted by atomic mass is 9.98. The molecule has 7 heteroatoms. The van der Waals surface area contributed by atoms with Crippen LogP contribution in [0.1, 0.15) is 5.56 Å². The van der Waals surface area contributed by atoms with E-state index in [9.17, 15) is 8.42 Å². The van der Waals surface area contributed by atoms with Crippen molar-refractivity contribution in [1.29, 1.82) is 0 Å². The molecule has 0 spiro atoms. The molecule has 2 aromatic carbocycles. The van der Waals surface area contributed by atoms with E-state index < -0.39 is 10.4 Å². The number of hydrogen-bond donors (Lipinski definition) is 2. The molecule has 0 fully saturated rings. The molecular weight excluding hydrogens is 280 g/mol. The molecule has 20 heavy (non-hydrogen) atoms. The van der Waals surface area contributed by atoms with Crippen LogP contribution in [0.15, 0.2) is 30.3 Å². The van der Waals surface area contributed by atoms with E-state index in [1.807, 2.05) is 12.1 Å². The molecule has 1 aliphatic rings. The zero-order chi connectivity index (χ0) is 14.5. The van der Waals surface area contributed by atoms with Crippen molar-refractivity contribution < 1.29 is 16.8 Å². The molecule has 0 saturated heterocycles. The first-order valence-corrected chi connectivity index (χ1v) is 7.13. The number of benzene rings is 2. The van der Waals surface area contributed by atoms with Crippen LogP contribution in [-0.2, 0) is 10.4 Å². The second-order valence-electron chi connectivity index (χ2n) is 4.49. The van der Waals surface area contributed by atoms with Gasteiger partial charge in [-0.3, -0.25) is 0 Å². The van der Waals surface area contributed by atoms with Gasteiger partial charge in [-0.05, 0) is 36.2 Å². The van der Waals surface area contributed by atoms with Gasteiger partial charge in [0.05, 0.1) is 0 Å². The van der Waals surface area contributed by atoms with Gasteiger partial charge in [-0.2, -0.15) is 0 Å². The highest BCUT2D eigenvalue weighted by molar-refractivity contribution is 7.82. The van der Waals surface area contributed by atoms with Crippen molar-refractivity contribution in [1.82, 2.24) is 0 Å². The van der Waals surface area contributed by atoms with Crippen LogP contribution >= 0.6 is 0 Å². The summed E-state index contributed by atoms with van der Waals surface area (Å²) < 4.78 is 32.4. The van der Waals surface area contributed by atoms with Gasteiger partial charge in [0, 0.05) is 11.3 Å². The molecule has 1 heterocycles. The Morgan fingerprint density at radius 3 is 2.35 bits per heavy atom. The zero-order valence-electron chi connectivity index (χ0n) is 10.6. The van der Waals surface area contributed by atoms with Gasteiger partial charge in [0.25, 0.3) is 0 Å². The minimum absolute atomic E-state index is 0.0728. The molecule has 1 aliphatic heterocycles. The van der Waals surface area contributed by atoms with Crippen molar-refractivity contribution in [3.63, 3.8) is 0 Å². The molecule has 2 aromatic rings. The summed E-state index contributed by atoms with van der Waals surface area (Å²) in [5.41, 5.74) is 14.5. The van der Waals surface area contributed by atoms with Crippen LogP contribution in [0.4, 0.5) is 11.4 Å². The Kier molecular flexibility index (Phi) is 2.55. The van der Waals surface area contributed by atoms with Crippen LogP contribution in [0.5, 0.6) is 11.5 Å². The van der Waals surface area contributed by atoms with Gasteiger partial charge in [-0.1, -0.05) is 12.1 Å². The molecule has 0 atom stereocenters. The van der Waals surface area contributed by atoms with E-state index in [2.05, 4.69) is 0 Å². The highest BCUT2D eigenvalue weighted by atomic mass is 32.3. The summed E-state index contributed by atoms with van der Waals surface area (Å²) >= 11 is 0. The molecule has 0 aliphatic carbocycles. The lowest BCUT2D eigenvalue weighted by molar-refractivity contribution is 0.380. The average Bonchev–Trinajstić information content (AvgIpc) is 2.38. The Hall–Kier alpha value is -2.41. The minimum Gasteiger partial charge on any atom is -0.399 e. The lowest BCUT2D eigenvalue weighted by Crippen LogP contribution is -2.23. The van der Waals surface area contributed by atoms with E-state index in [4.69, 9.17) is 19.8 Å². The van der Waals surface area contributed by atoms with Gasteiger partial charge in [0.15, 0.2) is 11.5 Å². The van der Waals surface area contributed by atoms with E-state index in [0.29, 0.717) is 11.3 Å². The first kappa shape index (κ1) is 12.6. The Bertz CT molecular complexity index is 798. The van der Waals surface area contributed by atoms with Gasteiger partial charge in [0.2, 0.25) is 0 Å². The van der Waals surface area contributed by atoms with Crippen molar-refractivity contribution in [2.24, 2.45) is 0 Å². The quantitative estimate of drug-likeness (QED) is 0.777. The van der Waals surface area contributed by atoms with Gasteiger partial charge in [-0.25, -0.2) is 0 Å². The smallest absolute Gasteiger partial charge is 0.399 e.